The molecule has 0 aromatic heterocycles. The molecule has 2 rings (SSSR count). The summed E-state index contributed by atoms with van der Waals surface area (Å²) in [5, 5.41) is 0. The Hall–Kier alpha value is -0.940. The van der Waals surface area contributed by atoms with E-state index in [0.29, 0.717) is 13.2 Å². The standard InChI is InChI=1S/C10H11FO3S/c11-9-1-3-10(4-2-9)15(12,13)7-8-5-14-6-8/h1-4,8H,5-7H2. The first kappa shape index (κ1) is 10.6. The van der Waals surface area contributed by atoms with Crippen LogP contribution in [0.25, 0.3) is 0 Å². The number of hydrogen-bond acceptors (Lipinski definition) is 3. The van der Waals surface area contributed by atoms with Crippen molar-refractivity contribution in [3.05, 3.63) is 30.1 Å². The summed E-state index contributed by atoms with van der Waals surface area (Å²) in [4.78, 5) is 0.177. The minimum atomic E-state index is -3.28. The van der Waals surface area contributed by atoms with Crippen LogP contribution in [-0.4, -0.2) is 27.4 Å². The van der Waals surface area contributed by atoms with E-state index >= 15 is 0 Å². The van der Waals surface area contributed by atoms with Gasteiger partial charge in [0.25, 0.3) is 0 Å². The van der Waals surface area contributed by atoms with Gasteiger partial charge in [0.2, 0.25) is 0 Å². The van der Waals surface area contributed by atoms with Crippen LogP contribution < -0.4 is 0 Å². The second-order valence-electron chi connectivity index (χ2n) is 3.64. The van der Waals surface area contributed by atoms with Crippen molar-refractivity contribution in [3.8, 4) is 0 Å². The first-order chi connectivity index (χ1) is 7.08. The molecule has 3 nitrogen and oxygen atoms in total. The van der Waals surface area contributed by atoms with Crippen molar-refractivity contribution >= 4 is 9.84 Å². The summed E-state index contributed by atoms with van der Waals surface area (Å²) in [5.41, 5.74) is 0. The molecule has 1 aromatic rings. The van der Waals surface area contributed by atoms with E-state index in [-0.39, 0.29) is 16.6 Å². The van der Waals surface area contributed by atoms with Gasteiger partial charge in [-0.15, -0.1) is 0 Å². The summed E-state index contributed by atoms with van der Waals surface area (Å²) >= 11 is 0. The topological polar surface area (TPSA) is 43.4 Å². The van der Waals surface area contributed by atoms with Crippen LogP contribution in [0.4, 0.5) is 4.39 Å². The minimum Gasteiger partial charge on any atom is -0.381 e. The van der Waals surface area contributed by atoms with Gasteiger partial charge in [-0.05, 0) is 24.3 Å². The maximum atomic E-state index is 12.6. The summed E-state index contributed by atoms with van der Waals surface area (Å²) in [6.45, 7) is 1.00. The SMILES string of the molecule is O=S(=O)(CC1COC1)c1ccc(F)cc1. The Labute approximate surface area is 87.8 Å². The van der Waals surface area contributed by atoms with Crippen molar-refractivity contribution in [2.75, 3.05) is 19.0 Å². The third-order valence-corrected chi connectivity index (χ3v) is 4.24. The lowest BCUT2D eigenvalue weighted by Crippen LogP contribution is -2.33. The van der Waals surface area contributed by atoms with Gasteiger partial charge in [0.05, 0.1) is 23.9 Å². The summed E-state index contributed by atoms with van der Waals surface area (Å²) in [7, 11) is -3.28. The molecule has 0 spiro atoms. The molecule has 0 aliphatic carbocycles. The van der Waals surface area contributed by atoms with E-state index in [9.17, 15) is 12.8 Å². The molecule has 1 aromatic carbocycles. The van der Waals surface area contributed by atoms with Gasteiger partial charge < -0.3 is 4.74 Å². The fourth-order valence-electron chi connectivity index (χ4n) is 1.43. The zero-order chi connectivity index (χ0) is 10.9. The quantitative estimate of drug-likeness (QED) is 0.734. The Morgan fingerprint density at radius 3 is 2.33 bits per heavy atom. The molecule has 0 radical (unpaired) electrons. The number of ether oxygens (including phenoxy) is 1. The van der Waals surface area contributed by atoms with Crippen LogP contribution in [0.15, 0.2) is 29.2 Å². The third kappa shape index (κ3) is 2.35. The van der Waals surface area contributed by atoms with E-state index in [2.05, 4.69) is 0 Å². The van der Waals surface area contributed by atoms with Gasteiger partial charge in [-0.2, -0.15) is 0 Å². The van der Waals surface area contributed by atoms with E-state index in [1.807, 2.05) is 0 Å². The zero-order valence-corrected chi connectivity index (χ0v) is 8.84. The normalized spacial score (nSPS) is 17.4. The second kappa shape index (κ2) is 3.90. The van der Waals surface area contributed by atoms with Crippen LogP contribution in [0.5, 0.6) is 0 Å². The lowest BCUT2D eigenvalue weighted by molar-refractivity contribution is -0.0204. The van der Waals surface area contributed by atoms with Crippen molar-refractivity contribution in [2.24, 2.45) is 5.92 Å². The molecule has 0 atom stereocenters. The Morgan fingerprint density at radius 1 is 1.27 bits per heavy atom. The minimum absolute atomic E-state index is 0.0820. The summed E-state index contributed by atoms with van der Waals surface area (Å²) < 4.78 is 41.0. The maximum absolute atomic E-state index is 12.6. The molecule has 0 unspecified atom stereocenters. The van der Waals surface area contributed by atoms with E-state index in [1.165, 1.54) is 12.1 Å². The van der Waals surface area contributed by atoms with Crippen LogP contribution in [-0.2, 0) is 14.6 Å². The predicted octanol–water partition coefficient (Wildman–Crippen LogP) is 1.25. The molecule has 82 valence electrons. The fraction of sp³-hybridized carbons (Fsp3) is 0.400. The molecular formula is C10H11FO3S. The van der Waals surface area contributed by atoms with E-state index in [4.69, 9.17) is 4.74 Å². The van der Waals surface area contributed by atoms with Crippen LogP contribution in [0.3, 0.4) is 0 Å². The van der Waals surface area contributed by atoms with E-state index in [1.54, 1.807) is 0 Å². The number of benzene rings is 1. The van der Waals surface area contributed by atoms with Crippen molar-refractivity contribution < 1.29 is 17.5 Å². The second-order valence-corrected chi connectivity index (χ2v) is 5.67. The van der Waals surface area contributed by atoms with Crippen molar-refractivity contribution in [3.63, 3.8) is 0 Å². The van der Waals surface area contributed by atoms with Crippen molar-refractivity contribution in [2.45, 2.75) is 4.90 Å². The summed E-state index contributed by atoms with van der Waals surface area (Å²) in [5.74, 6) is -0.264. The van der Waals surface area contributed by atoms with Crippen LogP contribution in [0, 0.1) is 11.7 Å². The highest BCUT2D eigenvalue weighted by atomic mass is 32.2. The maximum Gasteiger partial charge on any atom is 0.178 e. The van der Waals surface area contributed by atoms with Gasteiger partial charge in [-0.25, -0.2) is 12.8 Å². The average Bonchev–Trinajstić information content (AvgIpc) is 2.13. The molecule has 0 amide bonds. The van der Waals surface area contributed by atoms with Gasteiger partial charge in [-0.3, -0.25) is 0 Å². The molecular weight excluding hydrogens is 219 g/mol. The molecule has 15 heavy (non-hydrogen) atoms. The van der Waals surface area contributed by atoms with Gasteiger partial charge in [0, 0.05) is 5.92 Å². The first-order valence-corrected chi connectivity index (χ1v) is 6.29. The van der Waals surface area contributed by atoms with Crippen molar-refractivity contribution in [1.29, 1.82) is 0 Å². The first-order valence-electron chi connectivity index (χ1n) is 4.64. The van der Waals surface area contributed by atoms with Crippen LogP contribution in [0.1, 0.15) is 0 Å². The fourth-order valence-corrected chi connectivity index (χ4v) is 2.99. The molecule has 0 N–H and O–H groups in total. The molecule has 0 bridgehead atoms. The highest BCUT2D eigenvalue weighted by Gasteiger charge is 2.26. The average molecular weight is 230 g/mol. The molecule has 1 fully saturated rings. The molecule has 1 saturated heterocycles. The Balaban J connectivity index is 2.17. The van der Waals surface area contributed by atoms with Gasteiger partial charge in [0.1, 0.15) is 5.82 Å². The summed E-state index contributed by atoms with van der Waals surface area (Å²) in [6, 6.07) is 4.91. The summed E-state index contributed by atoms with van der Waals surface area (Å²) in [6.07, 6.45) is 0. The highest BCUT2D eigenvalue weighted by molar-refractivity contribution is 7.91. The van der Waals surface area contributed by atoms with Gasteiger partial charge in [-0.1, -0.05) is 0 Å². The Bertz CT molecular complexity index is 434. The van der Waals surface area contributed by atoms with Gasteiger partial charge in [0.15, 0.2) is 9.84 Å². The molecule has 1 aliphatic heterocycles. The Kier molecular flexibility index (Phi) is 2.75. The zero-order valence-electron chi connectivity index (χ0n) is 8.02. The number of hydrogen-bond donors (Lipinski definition) is 0. The van der Waals surface area contributed by atoms with Gasteiger partial charge >= 0.3 is 0 Å². The number of sulfone groups is 1. The lowest BCUT2D eigenvalue weighted by atomic mass is 10.1. The third-order valence-electron chi connectivity index (χ3n) is 2.33. The largest absolute Gasteiger partial charge is 0.381 e. The van der Waals surface area contributed by atoms with Crippen molar-refractivity contribution in [1.82, 2.24) is 0 Å². The molecule has 1 heterocycles. The molecule has 1 aliphatic rings. The lowest BCUT2D eigenvalue weighted by Gasteiger charge is -2.25. The van der Waals surface area contributed by atoms with Crippen LogP contribution >= 0.6 is 0 Å². The van der Waals surface area contributed by atoms with Crippen LogP contribution in [0.2, 0.25) is 0 Å². The molecule has 5 heteroatoms. The molecule has 0 saturated carbocycles. The van der Waals surface area contributed by atoms with E-state index < -0.39 is 15.7 Å². The predicted molar refractivity (Wildman–Crippen MR) is 52.8 cm³/mol. The Morgan fingerprint density at radius 2 is 1.87 bits per heavy atom. The monoisotopic (exact) mass is 230 g/mol. The van der Waals surface area contributed by atoms with E-state index in [0.717, 1.165) is 12.1 Å². The highest BCUT2D eigenvalue weighted by Crippen LogP contribution is 2.19. The number of rotatable bonds is 3. The smallest absolute Gasteiger partial charge is 0.178 e. The number of halogens is 1.